The Bertz CT molecular complexity index is 378. The summed E-state index contributed by atoms with van der Waals surface area (Å²) in [4.78, 5) is 15.0. The topological polar surface area (TPSA) is 70.9 Å². The molecular formula is C12H20ClN3O. The smallest absolute Gasteiger partial charge is 0.253 e. The van der Waals surface area contributed by atoms with E-state index in [1.165, 1.54) is 6.42 Å². The Morgan fingerprint density at radius 2 is 2.35 bits per heavy atom. The predicted octanol–water partition coefficient (Wildman–Crippen LogP) is 1.60. The highest BCUT2D eigenvalue weighted by atomic mass is 35.5. The fourth-order valence-electron chi connectivity index (χ4n) is 2.45. The molecule has 4 N–H and O–H groups in total. The second kappa shape index (κ2) is 6.07. The largest absolute Gasteiger partial charge is 0.365 e. The third-order valence-electron chi connectivity index (χ3n) is 3.48. The second-order valence-corrected chi connectivity index (χ2v) is 4.52. The van der Waals surface area contributed by atoms with Gasteiger partial charge in [0.05, 0.1) is 5.56 Å². The lowest BCUT2D eigenvalue weighted by molar-refractivity contribution is 0.0928. The molecule has 0 saturated heterocycles. The highest BCUT2D eigenvalue weighted by molar-refractivity contribution is 5.95. The number of aromatic amines is 1. The Balaban J connectivity index is 0.00000144. The molecule has 96 valence electrons. The molecule has 0 aliphatic heterocycles. The number of hydrogen-bond donors (Lipinski definition) is 3. The van der Waals surface area contributed by atoms with Crippen LogP contribution in [0, 0.1) is 12.8 Å². The molecule has 1 aromatic rings. The molecule has 17 heavy (non-hydrogen) atoms. The highest BCUT2D eigenvalue weighted by Gasteiger charge is 2.27. The van der Waals surface area contributed by atoms with Gasteiger partial charge in [-0.1, -0.05) is 6.42 Å². The van der Waals surface area contributed by atoms with Crippen molar-refractivity contribution in [3.8, 4) is 0 Å². The minimum Gasteiger partial charge on any atom is -0.365 e. The van der Waals surface area contributed by atoms with Gasteiger partial charge in [0.15, 0.2) is 0 Å². The maximum Gasteiger partial charge on any atom is 0.253 e. The number of carbonyl (C=O) groups excluding carboxylic acids is 1. The summed E-state index contributed by atoms with van der Waals surface area (Å²) in [6, 6.07) is 2.07. The fourth-order valence-corrected chi connectivity index (χ4v) is 2.45. The molecule has 4 nitrogen and oxygen atoms in total. The second-order valence-electron chi connectivity index (χ2n) is 4.52. The van der Waals surface area contributed by atoms with Crippen LogP contribution in [0.2, 0.25) is 0 Å². The van der Waals surface area contributed by atoms with Crippen LogP contribution in [0.4, 0.5) is 0 Å². The van der Waals surface area contributed by atoms with E-state index in [2.05, 4.69) is 10.3 Å². The van der Waals surface area contributed by atoms with Gasteiger partial charge in [-0.15, -0.1) is 12.4 Å². The van der Waals surface area contributed by atoms with Crippen LogP contribution in [0.25, 0.3) is 0 Å². The number of nitrogens with two attached hydrogens (primary N) is 1. The molecule has 1 aliphatic carbocycles. The van der Waals surface area contributed by atoms with E-state index in [4.69, 9.17) is 5.73 Å². The molecule has 0 bridgehead atoms. The van der Waals surface area contributed by atoms with Gasteiger partial charge in [0.1, 0.15) is 0 Å². The summed E-state index contributed by atoms with van der Waals surface area (Å²) < 4.78 is 0. The van der Waals surface area contributed by atoms with Gasteiger partial charge in [-0.3, -0.25) is 4.79 Å². The maximum absolute atomic E-state index is 12.0. The number of halogens is 1. The van der Waals surface area contributed by atoms with Crippen LogP contribution in [0.3, 0.4) is 0 Å². The van der Waals surface area contributed by atoms with E-state index in [9.17, 15) is 4.79 Å². The van der Waals surface area contributed by atoms with E-state index in [-0.39, 0.29) is 24.4 Å². The number of amides is 1. The Morgan fingerprint density at radius 3 is 2.94 bits per heavy atom. The number of nitrogens with one attached hydrogen (secondary N) is 2. The number of H-pyrrole nitrogens is 1. The molecule has 0 spiro atoms. The summed E-state index contributed by atoms with van der Waals surface area (Å²) in [5.41, 5.74) is 7.35. The van der Waals surface area contributed by atoms with E-state index >= 15 is 0 Å². The average Bonchev–Trinajstić information content (AvgIpc) is 2.86. The number of carbonyl (C=O) groups is 1. The molecule has 1 aliphatic rings. The summed E-state index contributed by atoms with van der Waals surface area (Å²) in [5, 5.41) is 3.08. The van der Waals surface area contributed by atoms with Gasteiger partial charge in [-0.05, 0) is 38.3 Å². The number of hydrogen-bond acceptors (Lipinski definition) is 2. The summed E-state index contributed by atoms with van der Waals surface area (Å²) >= 11 is 0. The summed E-state index contributed by atoms with van der Waals surface area (Å²) in [6.07, 6.45) is 5.14. The van der Waals surface area contributed by atoms with E-state index in [1.54, 1.807) is 6.20 Å². The van der Waals surface area contributed by atoms with Gasteiger partial charge in [0.25, 0.3) is 5.91 Å². The first-order valence-corrected chi connectivity index (χ1v) is 5.87. The molecule has 0 aromatic carbocycles. The zero-order valence-electron chi connectivity index (χ0n) is 10.0. The highest BCUT2D eigenvalue weighted by Crippen LogP contribution is 2.24. The maximum atomic E-state index is 12.0. The van der Waals surface area contributed by atoms with Crippen molar-refractivity contribution < 1.29 is 4.79 Å². The molecule has 1 heterocycles. The lowest BCUT2D eigenvalue weighted by Gasteiger charge is -2.19. The first-order chi connectivity index (χ1) is 7.72. The Morgan fingerprint density at radius 1 is 1.59 bits per heavy atom. The molecular weight excluding hydrogens is 238 g/mol. The van der Waals surface area contributed by atoms with Gasteiger partial charge in [-0.25, -0.2) is 0 Å². The van der Waals surface area contributed by atoms with E-state index in [1.807, 2.05) is 13.0 Å². The third-order valence-corrected chi connectivity index (χ3v) is 3.48. The predicted molar refractivity (Wildman–Crippen MR) is 70.4 cm³/mol. The molecule has 1 saturated carbocycles. The van der Waals surface area contributed by atoms with Gasteiger partial charge >= 0.3 is 0 Å². The summed E-state index contributed by atoms with van der Waals surface area (Å²) in [5.74, 6) is 0.465. The van der Waals surface area contributed by atoms with Crippen molar-refractivity contribution in [3.63, 3.8) is 0 Å². The van der Waals surface area contributed by atoms with Gasteiger partial charge in [0.2, 0.25) is 0 Å². The number of aromatic nitrogens is 1. The Kier molecular flexibility index (Phi) is 5.02. The van der Waals surface area contributed by atoms with Crippen LogP contribution in [0.5, 0.6) is 0 Å². The van der Waals surface area contributed by atoms with Crippen molar-refractivity contribution in [3.05, 3.63) is 23.5 Å². The molecule has 2 atom stereocenters. The van der Waals surface area contributed by atoms with Crippen molar-refractivity contribution in [2.24, 2.45) is 11.7 Å². The van der Waals surface area contributed by atoms with Crippen LogP contribution in [-0.4, -0.2) is 23.5 Å². The number of rotatable bonds is 3. The summed E-state index contributed by atoms with van der Waals surface area (Å²) in [7, 11) is 0. The normalized spacial score (nSPS) is 23.2. The van der Waals surface area contributed by atoms with Gasteiger partial charge in [-0.2, -0.15) is 0 Å². The van der Waals surface area contributed by atoms with E-state index < -0.39 is 0 Å². The molecule has 0 radical (unpaired) electrons. The van der Waals surface area contributed by atoms with E-state index in [0.29, 0.717) is 12.5 Å². The molecule has 5 heteroatoms. The van der Waals surface area contributed by atoms with Crippen LogP contribution in [0.1, 0.15) is 35.3 Å². The first kappa shape index (κ1) is 14.1. The SMILES string of the molecule is Cc1[nH]ccc1C(=O)NC1CCCC1CN.Cl. The first-order valence-electron chi connectivity index (χ1n) is 5.87. The zero-order chi connectivity index (χ0) is 11.5. The van der Waals surface area contributed by atoms with Crippen LogP contribution >= 0.6 is 12.4 Å². The molecule has 1 fully saturated rings. The van der Waals surface area contributed by atoms with Crippen LogP contribution in [0.15, 0.2) is 12.3 Å². The van der Waals surface area contributed by atoms with E-state index in [0.717, 1.165) is 24.1 Å². The fraction of sp³-hybridized carbons (Fsp3) is 0.583. The molecule has 2 rings (SSSR count). The standard InChI is InChI=1S/C12H19N3O.ClH/c1-8-10(5-6-14-8)12(16)15-11-4-2-3-9(11)7-13;/h5-6,9,11,14H,2-4,7,13H2,1H3,(H,15,16);1H. The zero-order valence-corrected chi connectivity index (χ0v) is 10.8. The minimum atomic E-state index is 0. The van der Waals surface area contributed by atoms with Crippen molar-refractivity contribution in [1.29, 1.82) is 0 Å². The lowest BCUT2D eigenvalue weighted by Crippen LogP contribution is -2.39. The molecule has 2 unspecified atom stereocenters. The number of aryl methyl sites for hydroxylation is 1. The van der Waals surface area contributed by atoms with Gasteiger partial charge < -0.3 is 16.0 Å². The Hall–Kier alpha value is -1.00. The van der Waals surface area contributed by atoms with Crippen LogP contribution in [-0.2, 0) is 0 Å². The minimum absolute atomic E-state index is 0. The Labute approximate surface area is 108 Å². The van der Waals surface area contributed by atoms with Crippen LogP contribution < -0.4 is 11.1 Å². The van der Waals surface area contributed by atoms with Crippen molar-refractivity contribution in [2.45, 2.75) is 32.2 Å². The summed E-state index contributed by atoms with van der Waals surface area (Å²) in [6.45, 7) is 2.57. The molecule has 1 amide bonds. The quantitative estimate of drug-likeness (QED) is 0.770. The third kappa shape index (κ3) is 3.01. The average molecular weight is 258 g/mol. The van der Waals surface area contributed by atoms with Gasteiger partial charge in [0, 0.05) is 17.9 Å². The van der Waals surface area contributed by atoms with Crippen molar-refractivity contribution >= 4 is 18.3 Å². The molecule has 1 aromatic heterocycles. The monoisotopic (exact) mass is 257 g/mol. The lowest BCUT2D eigenvalue weighted by atomic mass is 10.0. The van der Waals surface area contributed by atoms with Crippen molar-refractivity contribution in [2.75, 3.05) is 6.54 Å². The van der Waals surface area contributed by atoms with Crippen molar-refractivity contribution in [1.82, 2.24) is 10.3 Å².